The molecule has 5 heteroatoms. The quantitative estimate of drug-likeness (QED) is 0.768. The number of nitrogens with one attached hydrogen (secondary N) is 1. The van der Waals surface area contributed by atoms with E-state index >= 15 is 0 Å². The van der Waals surface area contributed by atoms with E-state index in [2.05, 4.69) is 5.32 Å². The first-order valence-corrected chi connectivity index (χ1v) is 7.37. The normalized spacial score (nSPS) is 17.2. The van der Waals surface area contributed by atoms with Crippen molar-refractivity contribution < 1.29 is 14.7 Å². The van der Waals surface area contributed by atoms with Gasteiger partial charge >= 0.3 is 5.97 Å². The Morgan fingerprint density at radius 2 is 1.76 bits per heavy atom. The van der Waals surface area contributed by atoms with Gasteiger partial charge in [0, 0.05) is 6.54 Å². The summed E-state index contributed by atoms with van der Waals surface area (Å²) in [7, 11) is 0. The molecule has 0 heterocycles. The predicted molar refractivity (Wildman–Crippen MR) is 79.6 cm³/mol. The molecule has 0 aromatic heterocycles. The molecule has 1 amide bonds. The van der Waals surface area contributed by atoms with Crippen LogP contribution in [0.3, 0.4) is 0 Å². The summed E-state index contributed by atoms with van der Waals surface area (Å²) in [4.78, 5) is 23.1. The number of hydrogen-bond acceptors (Lipinski definition) is 3. The number of nitrogens with two attached hydrogens (primary N) is 1. The summed E-state index contributed by atoms with van der Waals surface area (Å²) < 4.78 is 0. The number of rotatable bonds is 5. The van der Waals surface area contributed by atoms with Crippen LogP contribution in [0.4, 0.5) is 0 Å². The molecule has 21 heavy (non-hydrogen) atoms. The number of benzene rings is 1. The van der Waals surface area contributed by atoms with Crippen LogP contribution >= 0.6 is 0 Å². The minimum Gasteiger partial charge on any atom is -0.481 e. The lowest BCUT2D eigenvalue weighted by molar-refractivity contribution is -0.136. The molecule has 0 atom stereocenters. The van der Waals surface area contributed by atoms with Crippen molar-refractivity contribution >= 4 is 11.9 Å². The molecule has 1 fully saturated rings. The Kier molecular flexibility index (Phi) is 4.96. The van der Waals surface area contributed by atoms with Gasteiger partial charge in [-0.15, -0.1) is 0 Å². The number of carbonyl (C=O) groups is 2. The van der Waals surface area contributed by atoms with Crippen LogP contribution in [0.15, 0.2) is 24.3 Å². The van der Waals surface area contributed by atoms with E-state index in [0.717, 1.165) is 43.2 Å². The van der Waals surface area contributed by atoms with Crippen molar-refractivity contribution in [3.05, 3.63) is 35.4 Å². The third kappa shape index (κ3) is 4.04. The van der Waals surface area contributed by atoms with Crippen LogP contribution in [0.5, 0.6) is 0 Å². The Labute approximate surface area is 124 Å². The molecule has 0 spiro atoms. The van der Waals surface area contributed by atoms with Gasteiger partial charge in [0.25, 0.3) is 0 Å². The van der Waals surface area contributed by atoms with Gasteiger partial charge in [0.05, 0.1) is 12.0 Å². The average molecular weight is 290 g/mol. The molecule has 5 nitrogen and oxygen atoms in total. The molecule has 4 N–H and O–H groups in total. The highest BCUT2D eigenvalue weighted by molar-refractivity contribution is 5.86. The molecule has 114 valence electrons. The van der Waals surface area contributed by atoms with Crippen molar-refractivity contribution in [2.24, 2.45) is 5.73 Å². The average Bonchev–Trinajstić information content (AvgIpc) is 2.46. The maximum atomic E-state index is 12.3. The maximum Gasteiger partial charge on any atom is 0.307 e. The summed E-state index contributed by atoms with van der Waals surface area (Å²) in [5.41, 5.74) is 6.96. The largest absolute Gasteiger partial charge is 0.481 e. The second-order valence-corrected chi connectivity index (χ2v) is 5.74. The number of carboxylic acid groups (broad SMARTS) is 1. The van der Waals surface area contributed by atoms with Crippen molar-refractivity contribution in [2.75, 3.05) is 0 Å². The van der Waals surface area contributed by atoms with Gasteiger partial charge in [0.2, 0.25) is 5.91 Å². The van der Waals surface area contributed by atoms with Gasteiger partial charge in [0.15, 0.2) is 0 Å². The molecular formula is C16H22N2O3. The highest BCUT2D eigenvalue weighted by atomic mass is 16.4. The molecular weight excluding hydrogens is 268 g/mol. The predicted octanol–water partition coefficient (Wildman–Crippen LogP) is 1.59. The maximum absolute atomic E-state index is 12.3. The van der Waals surface area contributed by atoms with E-state index in [1.807, 2.05) is 12.1 Å². The zero-order valence-electron chi connectivity index (χ0n) is 12.1. The van der Waals surface area contributed by atoms with Crippen molar-refractivity contribution in [1.29, 1.82) is 0 Å². The van der Waals surface area contributed by atoms with Gasteiger partial charge in [-0.1, -0.05) is 43.5 Å². The van der Waals surface area contributed by atoms with Crippen molar-refractivity contribution in [3.8, 4) is 0 Å². The fourth-order valence-corrected chi connectivity index (χ4v) is 2.83. The summed E-state index contributed by atoms with van der Waals surface area (Å²) in [6.45, 7) is 0.321. The van der Waals surface area contributed by atoms with E-state index in [4.69, 9.17) is 10.8 Å². The first-order valence-electron chi connectivity index (χ1n) is 7.37. The highest BCUT2D eigenvalue weighted by Crippen LogP contribution is 2.26. The molecule has 1 aromatic carbocycles. The lowest BCUT2D eigenvalue weighted by Gasteiger charge is -2.31. The van der Waals surface area contributed by atoms with E-state index < -0.39 is 11.5 Å². The van der Waals surface area contributed by atoms with Crippen molar-refractivity contribution in [2.45, 2.75) is 50.6 Å². The van der Waals surface area contributed by atoms with Gasteiger partial charge in [-0.25, -0.2) is 0 Å². The van der Waals surface area contributed by atoms with Gasteiger partial charge in [0.1, 0.15) is 0 Å². The number of carbonyl (C=O) groups excluding carboxylic acids is 1. The molecule has 1 aliphatic carbocycles. The monoisotopic (exact) mass is 290 g/mol. The van der Waals surface area contributed by atoms with E-state index in [9.17, 15) is 9.59 Å². The van der Waals surface area contributed by atoms with Crippen LogP contribution in [0.2, 0.25) is 0 Å². The minimum atomic E-state index is -0.878. The Morgan fingerprint density at radius 1 is 1.14 bits per heavy atom. The zero-order chi connectivity index (χ0) is 15.3. The first-order chi connectivity index (χ1) is 10.0. The molecule has 0 saturated heterocycles. The van der Waals surface area contributed by atoms with Crippen molar-refractivity contribution in [3.63, 3.8) is 0 Å². The Bertz CT molecular complexity index is 522. The van der Waals surface area contributed by atoms with Gasteiger partial charge in [-0.05, 0) is 24.0 Å². The summed E-state index contributed by atoms with van der Waals surface area (Å²) in [5.74, 6) is -1.01. The Morgan fingerprint density at radius 3 is 2.38 bits per heavy atom. The summed E-state index contributed by atoms with van der Waals surface area (Å²) in [5, 5.41) is 11.8. The van der Waals surface area contributed by atoms with E-state index in [1.54, 1.807) is 12.1 Å². The molecule has 2 rings (SSSR count). The third-order valence-corrected chi connectivity index (χ3v) is 4.10. The first kappa shape index (κ1) is 15.5. The Hall–Kier alpha value is -1.88. The topological polar surface area (TPSA) is 92.4 Å². The van der Waals surface area contributed by atoms with Crippen LogP contribution in [0, 0.1) is 0 Å². The lowest BCUT2D eigenvalue weighted by atomic mass is 9.82. The number of aliphatic carboxylic acids is 1. The van der Waals surface area contributed by atoms with Gasteiger partial charge in [-0.3, -0.25) is 9.59 Å². The van der Waals surface area contributed by atoms with E-state index in [-0.39, 0.29) is 12.3 Å². The second-order valence-electron chi connectivity index (χ2n) is 5.74. The van der Waals surface area contributed by atoms with Gasteiger partial charge in [-0.2, -0.15) is 0 Å². The zero-order valence-corrected chi connectivity index (χ0v) is 12.1. The summed E-state index contributed by atoms with van der Waals surface area (Å²) in [6, 6.07) is 7.25. The van der Waals surface area contributed by atoms with Crippen LogP contribution in [0.1, 0.15) is 43.2 Å². The molecule has 0 aliphatic heterocycles. The van der Waals surface area contributed by atoms with Crippen LogP contribution in [-0.4, -0.2) is 22.5 Å². The molecule has 1 aromatic rings. The van der Waals surface area contributed by atoms with Crippen LogP contribution < -0.4 is 11.1 Å². The summed E-state index contributed by atoms with van der Waals surface area (Å²) >= 11 is 0. The fourth-order valence-electron chi connectivity index (χ4n) is 2.83. The molecule has 0 radical (unpaired) electrons. The second kappa shape index (κ2) is 6.72. The Balaban J connectivity index is 1.99. The van der Waals surface area contributed by atoms with Gasteiger partial charge < -0.3 is 16.2 Å². The SMILES string of the molecule is NC1(C(=O)NCc2ccccc2CC(=O)O)CCCCC1. The van der Waals surface area contributed by atoms with E-state index in [0.29, 0.717) is 6.54 Å². The van der Waals surface area contributed by atoms with Crippen molar-refractivity contribution in [1.82, 2.24) is 5.32 Å². The molecule has 1 aliphatic rings. The minimum absolute atomic E-state index is 0.0419. The molecule has 0 unspecified atom stereocenters. The number of carboxylic acids is 1. The fraction of sp³-hybridized carbons (Fsp3) is 0.500. The highest BCUT2D eigenvalue weighted by Gasteiger charge is 2.34. The van der Waals surface area contributed by atoms with E-state index in [1.165, 1.54) is 0 Å². The standard InChI is InChI=1S/C16H22N2O3/c17-16(8-4-1-5-9-16)15(21)18-11-13-7-3-2-6-12(13)10-14(19)20/h2-3,6-7H,1,4-5,8-11,17H2,(H,18,21)(H,19,20). The third-order valence-electron chi connectivity index (χ3n) is 4.10. The smallest absolute Gasteiger partial charge is 0.307 e. The summed E-state index contributed by atoms with van der Waals surface area (Å²) in [6.07, 6.45) is 4.50. The van der Waals surface area contributed by atoms with Crippen LogP contribution in [-0.2, 0) is 22.6 Å². The molecule has 0 bridgehead atoms. The molecule has 1 saturated carbocycles. The van der Waals surface area contributed by atoms with Crippen LogP contribution in [0.25, 0.3) is 0 Å². The number of hydrogen-bond donors (Lipinski definition) is 3. The lowest BCUT2D eigenvalue weighted by Crippen LogP contribution is -2.54. The number of amides is 1.